The van der Waals surface area contributed by atoms with Gasteiger partial charge in [0.2, 0.25) is 0 Å². The summed E-state index contributed by atoms with van der Waals surface area (Å²) in [6, 6.07) is 0. The van der Waals surface area contributed by atoms with Gasteiger partial charge in [-0.3, -0.25) is 0 Å². The zero-order valence-electron chi connectivity index (χ0n) is 7.44. The van der Waals surface area contributed by atoms with Crippen molar-refractivity contribution in [3.63, 3.8) is 0 Å². The maximum Gasteiger partial charge on any atom is 0.0707 e. The summed E-state index contributed by atoms with van der Waals surface area (Å²) in [6.45, 7) is 3.38. The van der Waals surface area contributed by atoms with Crippen LogP contribution in [0.15, 0.2) is 0 Å². The molecule has 2 atom stereocenters. The predicted octanol–water partition coefficient (Wildman–Crippen LogP) is 2.75. The normalized spacial score (nSPS) is 45.0. The predicted molar refractivity (Wildman–Crippen MR) is 45.5 cm³/mol. The van der Waals surface area contributed by atoms with E-state index in [0.29, 0.717) is 5.60 Å². The molecule has 0 aromatic carbocycles. The molecule has 1 saturated heterocycles. The van der Waals surface area contributed by atoms with E-state index < -0.39 is 0 Å². The second-order valence-electron chi connectivity index (χ2n) is 4.16. The van der Waals surface area contributed by atoms with Gasteiger partial charge in [0, 0.05) is 6.61 Å². The molecule has 1 aliphatic heterocycles. The van der Waals surface area contributed by atoms with E-state index in [2.05, 4.69) is 6.92 Å². The van der Waals surface area contributed by atoms with Crippen molar-refractivity contribution in [3.05, 3.63) is 0 Å². The average Bonchev–Trinajstić information content (AvgIpc) is 2.36. The first kappa shape index (κ1) is 7.60. The summed E-state index contributed by atoms with van der Waals surface area (Å²) < 4.78 is 5.94. The Morgan fingerprint density at radius 2 is 2.00 bits per heavy atom. The highest BCUT2D eigenvalue weighted by atomic mass is 16.5. The first-order chi connectivity index (χ1) is 5.33. The lowest BCUT2D eigenvalue weighted by molar-refractivity contribution is -0.0982. The summed E-state index contributed by atoms with van der Waals surface area (Å²) >= 11 is 0. The van der Waals surface area contributed by atoms with Crippen LogP contribution in [0.5, 0.6) is 0 Å². The van der Waals surface area contributed by atoms with Crippen molar-refractivity contribution in [3.8, 4) is 0 Å². The second kappa shape index (κ2) is 2.78. The van der Waals surface area contributed by atoms with Crippen molar-refractivity contribution >= 4 is 0 Å². The summed E-state index contributed by atoms with van der Waals surface area (Å²) in [5, 5.41) is 0. The van der Waals surface area contributed by atoms with Crippen LogP contribution in [0.2, 0.25) is 0 Å². The van der Waals surface area contributed by atoms with Crippen molar-refractivity contribution in [2.24, 2.45) is 5.92 Å². The van der Waals surface area contributed by atoms with Gasteiger partial charge in [0.25, 0.3) is 0 Å². The van der Waals surface area contributed by atoms with E-state index in [1.807, 2.05) is 0 Å². The quantitative estimate of drug-likeness (QED) is 0.521. The number of ether oxygens (including phenoxy) is 1. The van der Waals surface area contributed by atoms with Crippen molar-refractivity contribution in [1.29, 1.82) is 0 Å². The van der Waals surface area contributed by atoms with Crippen molar-refractivity contribution in [2.75, 3.05) is 6.61 Å². The number of hydrogen-bond donors (Lipinski definition) is 0. The Labute approximate surface area is 69.1 Å². The van der Waals surface area contributed by atoms with Crippen LogP contribution in [0, 0.1) is 5.92 Å². The van der Waals surface area contributed by atoms with Gasteiger partial charge in [-0.05, 0) is 38.0 Å². The van der Waals surface area contributed by atoms with E-state index in [0.717, 1.165) is 12.5 Å². The van der Waals surface area contributed by atoms with Crippen molar-refractivity contribution in [2.45, 2.75) is 51.0 Å². The molecule has 64 valence electrons. The van der Waals surface area contributed by atoms with Gasteiger partial charge in [-0.15, -0.1) is 0 Å². The van der Waals surface area contributed by atoms with Crippen LogP contribution in [-0.4, -0.2) is 12.2 Å². The highest BCUT2D eigenvalue weighted by molar-refractivity contribution is 4.93. The topological polar surface area (TPSA) is 9.23 Å². The van der Waals surface area contributed by atoms with Crippen LogP contribution in [0.3, 0.4) is 0 Å². The van der Waals surface area contributed by atoms with Crippen LogP contribution < -0.4 is 0 Å². The smallest absolute Gasteiger partial charge is 0.0707 e. The minimum Gasteiger partial charge on any atom is -0.375 e. The van der Waals surface area contributed by atoms with E-state index in [4.69, 9.17) is 4.74 Å². The molecule has 2 rings (SSSR count). The van der Waals surface area contributed by atoms with Gasteiger partial charge in [0.05, 0.1) is 5.60 Å². The molecule has 1 spiro atoms. The van der Waals surface area contributed by atoms with Gasteiger partial charge in [-0.25, -0.2) is 0 Å². The molecule has 0 aromatic rings. The van der Waals surface area contributed by atoms with E-state index in [1.54, 1.807) is 0 Å². The summed E-state index contributed by atoms with van der Waals surface area (Å²) in [4.78, 5) is 0. The number of hydrogen-bond acceptors (Lipinski definition) is 1. The first-order valence-electron chi connectivity index (χ1n) is 4.97. The standard InChI is InChI=1S/C10H18O/c1-9-5-4-7-10(9)6-2-3-8-11-10/h9H,2-8H2,1H3/t9-,10+/m0/s1. The molecule has 1 heterocycles. The van der Waals surface area contributed by atoms with Crippen LogP contribution >= 0.6 is 0 Å². The molecule has 1 heteroatoms. The molecular formula is C10H18O. The maximum absolute atomic E-state index is 5.94. The lowest BCUT2D eigenvalue weighted by Gasteiger charge is -2.37. The molecular weight excluding hydrogens is 136 g/mol. The summed E-state index contributed by atoms with van der Waals surface area (Å²) in [6.07, 6.45) is 8.11. The van der Waals surface area contributed by atoms with E-state index in [9.17, 15) is 0 Å². The highest BCUT2D eigenvalue weighted by Crippen LogP contribution is 2.43. The molecule has 0 amide bonds. The van der Waals surface area contributed by atoms with Crippen molar-refractivity contribution in [1.82, 2.24) is 0 Å². The fraction of sp³-hybridized carbons (Fsp3) is 1.00. The minimum absolute atomic E-state index is 0.332. The second-order valence-corrected chi connectivity index (χ2v) is 4.16. The third-order valence-electron chi connectivity index (χ3n) is 3.52. The fourth-order valence-corrected chi connectivity index (χ4v) is 2.68. The Hall–Kier alpha value is -0.0400. The first-order valence-corrected chi connectivity index (χ1v) is 4.97. The molecule has 1 nitrogen and oxygen atoms in total. The van der Waals surface area contributed by atoms with Gasteiger partial charge in [0.1, 0.15) is 0 Å². The molecule has 1 aliphatic carbocycles. The summed E-state index contributed by atoms with van der Waals surface area (Å²) in [5.74, 6) is 0.822. The molecule has 0 N–H and O–H groups in total. The Bertz CT molecular complexity index is 136. The molecule has 0 bridgehead atoms. The van der Waals surface area contributed by atoms with Gasteiger partial charge < -0.3 is 4.74 Å². The van der Waals surface area contributed by atoms with Gasteiger partial charge in [-0.2, -0.15) is 0 Å². The summed E-state index contributed by atoms with van der Waals surface area (Å²) in [7, 11) is 0. The molecule has 2 fully saturated rings. The SMILES string of the molecule is C[C@H]1CCC[C@]12CCCCO2. The average molecular weight is 154 g/mol. The third kappa shape index (κ3) is 1.20. The zero-order valence-corrected chi connectivity index (χ0v) is 7.44. The molecule has 1 saturated carbocycles. The molecule has 0 unspecified atom stereocenters. The molecule has 0 aromatic heterocycles. The Kier molecular flexibility index (Phi) is 1.92. The molecule has 0 radical (unpaired) electrons. The van der Waals surface area contributed by atoms with Gasteiger partial charge in [0.15, 0.2) is 0 Å². The summed E-state index contributed by atoms with van der Waals surface area (Å²) in [5.41, 5.74) is 0.332. The van der Waals surface area contributed by atoms with Crippen molar-refractivity contribution < 1.29 is 4.74 Å². The minimum atomic E-state index is 0.332. The number of rotatable bonds is 0. The van der Waals surface area contributed by atoms with E-state index >= 15 is 0 Å². The lowest BCUT2D eigenvalue weighted by atomic mass is 9.85. The Morgan fingerprint density at radius 1 is 1.18 bits per heavy atom. The maximum atomic E-state index is 5.94. The van der Waals surface area contributed by atoms with E-state index in [1.165, 1.54) is 38.5 Å². The largest absolute Gasteiger partial charge is 0.375 e. The van der Waals surface area contributed by atoms with Crippen LogP contribution in [0.1, 0.15) is 45.4 Å². The Morgan fingerprint density at radius 3 is 2.55 bits per heavy atom. The van der Waals surface area contributed by atoms with Gasteiger partial charge >= 0.3 is 0 Å². The molecule has 11 heavy (non-hydrogen) atoms. The van der Waals surface area contributed by atoms with E-state index in [-0.39, 0.29) is 0 Å². The van der Waals surface area contributed by atoms with Crippen LogP contribution in [0.25, 0.3) is 0 Å². The fourth-order valence-electron chi connectivity index (χ4n) is 2.68. The highest BCUT2D eigenvalue weighted by Gasteiger charge is 2.41. The lowest BCUT2D eigenvalue weighted by Crippen LogP contribution is -2.38. The monoisotopic (exact) mass is 154 g/mol. The molecule has 2 aliphatic rings. The Balaban J connectivity index is 2.06. The van der Waals surface area contributed by atoms with Crippen LogP contribution in [-0.2, 0) is 4.74 Å². The van der Waals surface area contributed by atoms with Crippen LogP contribution in [0.4, 0.5) is 0 Å². The third-order valence-corrected chi connectivity index (χ3v) is 3.52. The zero-order chi connectivity index (χ0) is 7.73. The van der Waals surface area contributed by atoms with Gasteiger partial charge in [-0.1, -0.05) is 13.3 Å².